The van der Waals surface area contributed by atoms with E-state index in [4.69, 9.17) is 0 Å². The summed E-state index contributed by atoms with van der Waals surface area (Å²) in [5.41, 5.74) is 0.775. The molecule has 6 nitrogen and oxygen atoms in total. The minimum Gasteiger partial charge on any atom is -0.325 e. The van der Waals surface area contributed by atoms with Crippen molar-refractivity contribution in [3.63, 3.8) is 0 Å². The fraction of sp³-hybridized carbons (Fsp3) is 0.278. The molecule has 0 unspecified atom stereocenters. The van der Waals surface area contributed by atoms with Crippen molar-refractivity contribution < 1.29 is 18.1 Å². The first-order valence-corrected chi connectivity index (χ1v) is 9.73. The number of benzene rings is 2. The van der Waals surface area contributed by atoms with Gasteiger partial charge in [-0.3, -0.25) is 4.79 Å². The molecule has 1 saturated heterocycles. The lowest BCUT2D eigenvalue weighted by Gasteiger charge is -2.31. The predicted molar refractivity (Wildman–Crippen MR) is 95.8 cm³/mol. The van der Waals surface area contributed by atoms with Gasteiger partial charge in [0.2, 0.25) is 10.0 Å². The average Bonchev–Trinajstić information content (AvgIpc) is 2.63. The zero-order chi connectivity index (χ0) is 17.7. The minimum atomic E-state index is -3.44. The third kappa shape index (κ3) is 4.45. The van der Waals surface area contributed by atoms with E-state index in [-0.39, 0.29) is 5.91 Å². The summed E-state index contributed by atoms with van der Waals surface area (Å²) in [7, 11) is -3.44. The number of nitrogens with one attached hydrogen (secondary N) is 2. The smallest absolute Gasteiger partial charge is 0.279 e. The van der Waals surface area contributed by atoms with E-state index in [1.165, 1.54) is 4.31 Å². The molecular formula is C18H22N3O3S+. The van der Waals surface area contributed by atoms with Crippen LogP contribution in [-0.2, 0) is 14.8 Å². The Bertz CT molecular complexity index is 802. The van der Waals surface area contributed by atoms with E-state index >= 15 is 0 Å². The Kier molecular flexibility index (Phi) is 5.47. The van der Waals surface area contributed by atoms with Crippen molar-refractivity contribution in [3.05, 3.63) is 60.7 Å². The van der Waals surface area contributed by atoms with Crippen LogP contribution in [0.15, 0.2) is 65.6 Å². The number of hydrogen-bond donors (Lipinski definition) is 2. The van der Waals surface area contributed by atoms with Gasteiger partial charge >= 0.3 is 0 Å². The quantitative estimate of drug-likeness (QED) is 0.801. The van der Waals surface area contributed by atoms with Crippen molar-refractivity contribution >= 4 is 21.6 Å². The highest BCUT2D eigenvalue weighted by Gasteiger charge is 2.30. The molecule has 1 amide bonds. The van der Waals surface area contributed by atoms with Gasteiger partial charge in [-0.1, -0.05) is 36.4 Å². The maximum absolute atomic E-state index is 12.6. The maximum atomic E-state index is 12.6. The second kappa shape index (κ2) is 7.77. The largest absolute Gasteiger partial charge is 0.325 e. The highest BCUT2D eigenvalue weighted by molar-refractivity contribution is 7.89. The van der Waals surface area contributed by atoms with Crippen molar-refractivity contribution in [2.75, 3.05) is 38.0 Å². The zero-order valence-corrected chi connectivity index (χ0v) is 14.7. The zero-order valence-electron chi connectivity index (χ0n) is 13.9. The van der Waals surface area contributed by atoms with E-state index in [9.17, 15) is 13.2 Å². The average molecular weight is 360 g/mol. The molecule has 0 radical (unpaired) electrons. The van der Waals surface area contributed by atoms with E-state index in [2.05, 4.69) is 5.32 Å². The maximum Gasteiger partial charge on any atom is 0.279 e. The molecule has 132 valence electrons. The molecule has 1 aliphatic heterocycles. The molecule has 1 aliphatic rings. The molecule has 1 fully saturated rings. The Morgan fingerprint density at radius 2 is 1.52 bits per heavy atom. The molecule has 0 spiro atoms. The summed E-state index contributed by atoms with van der Waals surface area (Å²) in [5, 5.41) is 2.86. The van der Waals surface area contributed by atoms with Crippen LogP contribution >= 0.6 is 0 Å². The van der Waals surface area contributed by atoms with E-state index in [0.29, 0.717) is 37.6 Å². The molecule has 2 N–H and O–H groups in total. The molecule has 2 aromatic carbocycles. The van der Waals surface area contributed by atoms with E-state index < -0.39 is 10.0 Å². The molecule has 0 bridgehead atoms. The number of sulfonamides is 1. The Labute approximate surface area is 148 Å². The first-order chi connectivity index (χ1) is 12.1. The van der Waals surface area contributed by atoms with Gasteiger partial charge in [0.05, 0.1) is 31.1 Å². The highest BCUT2D eigenvalue weighted by Crippen LogP contribution is 2.14. The van der Waals surface area contributed by atoms with Gasteiger partial charge in [0.25, 0.3) is 5.91 Å². The third-order valence-corrected chi connectivity index (χ3v) is 6.19. The number of para-hydroxylation sites is 1. The van der Waals surface area contributed by atoms with Gasteiger partial charge in [-0.15, -0.1) is 0 Å². The first-order valence-electron chi connectivity index (χ1n) is 8.29. The van der Waals surface area contributed by atoms with Crippen LogP contribution in [0.3, 0.4) is 0 Å². The van der Waals surface area contributed by atoms with Crippen LogP contribution in [0.4, 0.5) is 5.69 Å². The van der Waals surface area contributed by atoms with Crippen LogP contribution in [0, 0.1) is 0 Å². The Morgan fingerprint density at radius 3 is 2.12 bits per heavy atom. The number of quaternary nitrogens is 1. The Morgan fingerprint density at radius 1 is 0.960 bits per heavy atom. The van der Waals surface area contributed by atoms with E-state index in [1.54, 1.807) is 30.3 Å². The molecule has 0 aromatic heterocycles. The Balaban J connectivity index is 1.53. The molecule has 3 rings (SSSR count). The van der Waals surface area contributed by atoms with Crippen molar-refractivity contribution in [2.45, 2.75) is 4.90 Å². The number of piperazine rings is 1. The molecule has 0 saturated carbocycles. The number of rotatable bonds is 5. The molecular weight excluding hydrogens is 338 g/mol. The lowest BCUT2D eigenvalue weighted by Crippen LogP contribution is -3.15. The number of hydrogen-bond acceptors (Lipinski definition) is 3. The third-order valence-electron chi connectivity index (χ3n) is 4.28. The van der Waals surface area contributed by atoms with Crippen molar-refractivity contribution in [1.82, 2.24) is 4.31 Å². The molecule has 2 aromatic rings. The molecule has 25 heavy (non-hydrogen) atoms. The second-order valence-corrected chi connectivity index (χ2v) is 8.00. The lowest BCUT2D eigenvalue weighted by atomic mass is 10.3. The lowest BCUT2D eigenvalue weighted by molar-refractivity contribution is -0.895. The van der Waals surface area contributed by atoms with Crippen LogP contribution in [0.25, 0.3) is 0 Å². The summed E-state index contributed by atoms with van der Waals surface area (Å²) in [5.74, 6) is -0.0550. The van der Waals surface area contributed by atoms with E-state index in [1.807, 2.05) is 30.3 Å². The van der Waals surface area contributed by atoms with Gasteiger partial charge < -0.3 is 10.2 Å². The van der Waals surface area contributed by atoms with Gasteiger partial charge in [0, 0.05) is 5.69 Å². The summed E-state index contributed by atoms with van der Waals surface area (Å²) in [4.78, 5) is 13.5. The second-order valence-electron chi connectivity index (χ2n) is 6.06. The molecule has 0 aliphatic carbocycles. The highest BCUT2D eigenvalue weighted by atomic mass is 32.2. The number of amides is 1. The van der Waals surface area contributed by atoms with Crippen LogP contribution in [0.1, 0.15) is 0 Å². The van der Waals surface area contributed by atoms with Gasteiger partial charge in [-0.25, -0.2) is 8.42 Å². The monoisotopic (exact) mass is 360 g/mol. The minimum absolute atomic E-state index is 0.0550. The fourth-order valence-corrected chi connectivity index (χ4v) is 4.38. The number of nitrogens with zero attached hydrogens (tertiary/aromatic N) is 1. The van der Waals surface area contributed by atoms with Crippen LogP contribution < -0.4 is 10.2 Å². The predicted octanol–water partition coefficient (Wildman–Crippen LogP) is 0.215. The number of carbonyl (C=O) groups is 1. The summed E-state index contributed by atoms with van der Waals surface area (Å²) in [6.07, 6.45) is 0. The first kappa shape index (κ1) is 17.6. The molecule has 0 atom stereocenters. The fourth-order valence-electron chi connectivity index (χ4n) is 2.91. The van der Waals surface area contributed by atoms with Gasteiger partial charge in [-0.2, -0.15) is 4.31 Å². The van der Waals surface area contributed by atoms with E-state index in [0.717, 1.165) is 10.6 Å². The summed E-state index contributed by atoms with van der Waals surface area (Å²) < 4.78 is 26.7. The summed E-state index contributed by atoms with van der Waals surface area (Å²) in [6, 6.07) is 17.8. The van der Waals surface area contributed by atoms with Crippen molar-refractivity contribution in [2.24, 2.45) is 0 Å². The van der Waals surface area contributed by atoms with Crippen molar-refractivity contribution in [1.29, 1.82) is 0 Å². The molecule has 1 heterocycles. The standard InChI is InChI=1S/C18H21N3O3S/c22-18(19-16-7-3-1-4-8-16)15-20-11-13-21(14-12-20)25(23,24)17-9-5-2-6-10-17/h1-10H,11-15H2,(H,19,22)/p+1. The van der Waals surface area contributed by atoms with Crippen molar-refractivity contribution in [3.8, 4) is 0 Å². The normalized spacial score (nSPS) is 16.5. The summed E-state index contributed by atoms with van der Waals surface area (Å²) >= 11 is 0. The number of anilines is 1. The van der Waals surface area contributed by atoms with Gasteiger partial charge in [-0.05, 0) is 24.3 Å². The van der Waals surface area contributed by atoms with Crippen LogP contribution in [-0.4, -0.2) is 51.4 Å². The topological polar surface area (TPSA) is 70.9 Å². The summed E-state index contributed by atoms with van der Waals surface area (Å²) in [6.45, 7) is 2.42. The number of carbonyl (C=O) groups excluding carboxylic acids is 1. The van der Waals surface area contributed by atoms with Gasteiger partial charge in [0.15, 0.2) is 6.54 Å². The Hall–Kier alpha value is -2.22. The van der Waals surface area contributed by atoms with Crippen LogP contribution in [0.2, 0.25) is 0 Å². The van der Waals surface area contributed by atoms with Crippen LogP contribution in [0.5, 0.6) is 0 Å². The van der Waals surface area contributed by atoms with Gasteiger partial charge in [0.1, 0.15) is 0 Å². The SMILES string of the molecule is O=C(C[NH+]1CCN(S(=O)(=O)c2ccccc2)CC1)Nc1ccccc1. The molecule has 7 heteroatoms.